The van der Waals surface area contributed by atoms with E-state index in [0.29, 0.717) is 6.54 Å². The van der Waals surface area contributed by atoms with E-state index < -0.39 is 0 Å². The Kier molecular flexibility index (Phi) is 5.62. The highest BCUT2D eigenvalue weighted by atomic mass is 16.2. The SMILES string of the molecule is N#C[C@H]1CCCC[C@@H]1N1NC(Nc2cccc(Cn3ccnc3)c2)C2C(=O)NCCC21. The van der Waals surface area contributed by atoms with Crippen molar-refractivity contribution in [2.45, 2.75) is 56.9 Å². The molecule has 0 radical (unpaired) electrons. The first-order chi connectivity index (χ1) is 15.2. The average molecular weight is 420 g/mol. The Balaban J connectivity index is 1.36. The number of anilines is 1. The van der Waals surface area contributed by atoms with Crippen molar-refractivity contribution in [2.75, 3.05) is 11.9 Å². The largest absolute Gasteiger partial charge is 0.368 e. The maximum atomic E-state index is 12.8. The van der Waals surface area contributed by atoms with Crippen LogP contribution in [0.15, 0.2) is 43.0 Å². The van der Waals surface area contributed by atoms with E-state index in [4.69, 9.17) is 0 Å². The maximum Gasteiger partial charge on any atom is 0.228 e. The number of hydrogen-bond acceptors (Lipinski definition) is 6. The number of piperidine rings is 1. The third kappa shape index (κ3) is 4.03. The van der Waals surface area contributed by atoms with Crippen LogP contribution in [0.5, 0.6) is 0 Å². The fraction of sp³-hybridized carbons (Fsp3) is 0.522. The molecule has 162 valence electrons. The molecule has 8 nitrogen and oxygen atoms in total. The van der Waals surface area contributed by atoms with Crippen LogP contribution >= 0.6 is 0 Å². The number of nitriles is 1. The second-order valence-electron chi connectivity index (χ2n) is 8.85. The van der Waals surface area contributed by atoms with Gasteiger partial charge in [-0.1, -0.05) is 25.0 Å². The van der Waals surface area contributed by atoms with Gasteiger partial charge in [-0.25, -0.2) is 15.4 Å². The monoisotopic (exact) mass is 419 g/mol. The maximum absolute atomic E-state index is 12.8. The number of fused-ring (bicyclic) bond motifs is 1. The van der Waals surface area contributed by atoms with Crippen molar-refractivity contribution in [1.82, 2.24) is 25.3 Å². The molecule has 1 amide bonds. The molecule has 0 bridgehead atoms. The standard InChI is InChI=1S/C23H29N7O/c24-13-17-5-1-2-7-19(17)30-20-8-9-26-23(31)21(20)22(28-30)27-18-6-3-4-16(12-18)14-29-11-10-25-15-29/h3-4,6,10-12,15,17,19-22,27-28H,1-2,5,7-9,14H2,(H,26,31)/t17-,19+,20?,21?,22?/m1/s1. The molecule has 5 rings (SSSR count). The van der Waals surface area contributed by atoms with Crippen LogP contribution in [0.25, 0.3) is 0 Å². The number of benzene rings is 1. The molecule has 1 aromatic carbocycles. The van der Waals surface area contributed by atoms with Crippen LogP contribution in [-0.4, -0.2) is 45.3 Å². The number of aromatic nitrogens is 2. The topological polar surface area (TPSA) is 98.0 Å². The number of hydrazine groups is 1. The van der Waals surface area contributed by atoms with Gasteiger partial charge in [0.25, 0.3) is 0 Å². The Labute approximate surface area is 182 Å². The summed E-state index contributed by atoms with van der Waals surface area (Å²) in [6, 6.07) is 11.1. The summed E-state index contributed by atoms with van der Waals surface area (Å²) < 4.78 is 2.03. The van der Waals surface area contributed by atoms with E-state index in [2.05, 4.69) is 44.3 Å². The highest BCUT2D eigenvalue weighted by Gasteiger charge is 2.51. The number of nitrogens with zero attached hydrogens (tertiary/aromatic N) is 4. The molecule has 1 aliphatic carbocycles. The van der Waals surface area contributed by atoms with E-state index in [0.717, 1.165) is 44.3 Å². The summed E-state index contributed by atoms with van der Waals surface area (Å²) in [6.07, 6.45) is 10.4. The molecule has 1 saturated carbocycles. The van der Waals surface area contributed by atoms with E-state index >= 15 is 0 Å². The molecule has 0 spiro atoms. The predicted octanol–water partition coefficient (Wildman–Crippen LogP) is 2.08. The molecule has 2 aromatic rings. The minimum absolute atomic E-state index is 0.0177. The number of hydrogen-bond donors (Lipinski definition) is 3. The minimum atomic E-state index is -0.199. The van der Waals surface area contributed by atoms with Gasteiger partial charge in [0.1, 0.15) is 6.17 Å². The van der Waals surface area contributed by atoms with Crippen LogP contribution in [0.2, 0.25) is 0 Å². The van der Waals surface area contributed by atoms with Crippen molar-refractivity contribution in [1.29, 1.82) is 5.26 Å². The summed E-state index contributed by atoms with van der Waals surface area (Å²) in [5.41, 5.74) is 5.75. The quantitative estimate of drug-likeness (QED) is 0.686. The Morgan fingerprint density at radius 1 is 1.23 bits per heavy atom. The molecule has 1 aromatic heterocycles. The molecule has 3 heterocycles. The summed E-state index contributed by atoms with van der Waals surface area (Å²) >= 11 is 0. The highest BCUT2D eigenvalue weighted by molar-refractivity contribution is 5.82. The zero-order chi connectivity index (χ0) is 21.2. The molecule has 2 aliphatic heterocycles. The molecule has 5 atom stereocenters. The van der Waals surface area contributed by atoms with Gasteiger partial charge in [-0.3, -0.25) is 4.79 Å². The molecule has 3 aliphatic rings. The lowest BCUT2D eigenvalue weighted by Crippen LogP contribution is -2.54. The second kappa shape index (κ2) is 8.69. The first-order valence-corrected chi connectivity index (χ1v) is 11.3. The summed E-state index contributed by atoms with van der Waals surface area (Å²) in [5, 5.41) is 18.6. The predicted molar refractivity (Wildman–Crippen MR) is 116 cm³/mol. The first kappa shape index (κ1) is 20.0. The Bertz CT molecular complexity index is 953. The Hall–Kier alpha value is -2.89. The minimum Gasteiger partial charge on any atom is -0.368 e. The van der Waals surface area contributed by atoms with E-state index in [-0.39, 0.29) is 36.0 Å². The number of amides is 1. The molecule has 8 heteroatoms. The zero-order valence-electron chi connectivity index (χ0n) is 17.6. The van der Waals surface area contributed by atoms with Gasteiger partial charge in [-0.2, -0.15) is 5.26 Å². The molecule has 3 N–H and O–H groups in total. The summed E-state index contributed by atoms with van der Waals surface area (Å²) in [7, 11) is 0. The number of carbonyl (C=O) groups is 1. The van der Waals surface area contributed by atoms with Gasteiger partial charge >= 0.3 is 0 Å². The smallest absolute Gasteiger partial charge is 0.228 e. The third-order valence-corrected chi connectivity index (χ3v) is 6.89. The Morgan fingerprint density at radius 3 is 2.97 bits per heavy atom. The zero-order valence-corrected chi connectivity index (χ0v) is 17.6. The van der Waals surface area contributed by atoms with Crippen molar-refractivity contribution >= 4 is 11.6 Å². The van der Waals surface area contributed by atoms with Gasteiger partial charge in [-0.15, -0.1) is 0 Å². The van der Waals surface area contributed by atoms with Gasteiger partial charge in [0.2, 0.25) is 5.91 Å². The van der Waals surface area contributed by atoms with Crippen LogP contribution in [0.1, 0.15) is 37.7 Å². The van der Waals surface area contributed by atoms with E-state index in [9.17, 15) is 10.1 Å². The van der Waals surface area contributed by atoms with Gasteiger partial charge in [-0.05, 0) is 37.0 Å². The molecule has 31 heavy (non-hydrogen) atoms. The summed E-state index contributed by atoms with van der Waals surface area (Å²) in [6.45, 7) is 1.44. The van der Waals surface area contributed by atoms with Crippen molar-refractivity contribution < 1.29 is 4.79 Å². The second-order valence-corrected chi connectivity index (χ2v) is 8.85. The first-order valence-electron chi connectivity index (χ1n) is 11.3. The van der Waals surface area contributed by atoms with Crippen molar-refractivity contribution in [3.63, 3.8) is 0 Å². The van der Waals surface area contributed by atoms with Crippen LogP contribution < -0.4 is 16.1 Å². The van der Waals surface area contributed by atoms with E-state index in [1.54, 1.807) is 6.20 Å². The van der Waals surface area contributed by atoms with Crippen molar-refractivity contribution in [3.05, 3.63) is 48.5 Å². The van der Waals surface area contributed by atoms with Gasteiger partial charge in [0, 0.05) is 43.3 Å². The van der Waals surface area contributed by atoms with Crippen LogP contribution in [0.3, 0.4) is 0 Å². The van der Waals surface area contributed by atoms with Crippen molar-refractivity contribution in [2.24, 2.45) is 11.8 Å². The van der Waals surface area contributed by atoms with Gasteiger partial charge < -0.3 is 15.2 Å². The van der Waals surface area contributed by atoms with E-state index in [1.165, 1.54) is 5.56 Å². The highest BCUT2D eigenvalue weighted by Crippen LogP contribution is 2.36. The lowest BCUT2D eigenvalue weighted by Gasteiger charge is -2.39. The van der Waals surface area contributed by atoms with E-state index in [1.807, 2.05) is 29.2 Å². The van der Waals surface area contributed by atoms with Crippen LogP contribution in [0, 0.1) is 23.2 Å². The number of carbonyl (C=O) groups excluding carboxylic acids is 1. The fourth-order valence-corrected chi connectivity index (χ4v) is 5.43. The fourth-order valence-electron chi connectivity index (χ4n) is 5.43. The van der Waals surface area contributed by atoms with Gasteiger partial charge in [0.15, 0.2) is 0 Å². The average Bonchev–Trinajstić information content (AvgIpc) is 3.43. The lowest BCUT2D eigenvalue weighted by atomic mass is 9.83. The Morgan fingerprint density at radius 2 is 2.13 bits per heavy atom. The normalized spacial score (nSPS) is 30.9. The molecule has 2 saturated heterocycles. The number of imidazole rings is 1. The van der Waals surface area contributed by atoms with Gasteiger partial charge in [0.05, 0.1) is 24.2 Å². The van der Waals surface area contributed by atoms with Crippen molar-refractivity contribution in [3.8, 4) is 6.07 Å². The third-order valence-electron chi connectivity index (χ3n) is 6.89. The molecular formula is C23H29N7O. The number of rotatable bonds is 5. The number of nitrogens with one attached hydrogen (secondary N) is 3. The molecule has 3 unspecified atom stereocenters. The lowest BCUT2D eigenvalue weighted by molar-refractivity contribution is -0.128. The van der Waals surface area contributed by atoms with Crippen LogP contribution in [0.4, 0.5) is 5.69 Å². The summed E-state index contributed by atoms with van der Waals surface area (Å²) in [5.74, 6) is -0.0842. The van der Waals surface area contributed by atoms with Crippen LogP contribution in [-0.2, 0) is 11.3 Å². The molecular weight excluding hydrogens is 390 g/mol. The summed E-state index contributed by atoms with van der Waals surface area (Å²) in [4.78, 5) is 16.9. The molecule has 3 fully saturated rings.